The van der Waals surface area contributed by atoms with Crippen LogP contribution in [0.4, 0.5) is 0 Å². The van der Waals surface area contributed by atoms with Crippen LogP contribution in [-0.4, -0.2) is 66.9 Å². The molecule has 2 rings (SSSR count). The lowest BCUT2D eigenvalue weighted by Crippen LogP contribution is -2.47. The number of amides is 1. The van der Waals surface area contributed by atoms with Crippen LogP contribution in [0.3, 0.4) is 0 Å². The number of carbonyl (C=O) groups excluding carboxylic acids is 1. The molecule has 4 nitrogen and oxygen atoms in total. The number of likely N-dealkylation sites (tertiary alicyclic amines) is 1. The molecular formula is C18H27ClN2O2S. The zero-order valence-electron chi connectivity index (χ0n) is 14.4. The summed E-state index contributed by atoms with van der Waals surface area (Å²) in [5.41, 5.74) is 1.06. The van der Waals surface area contributed by atoms with Crippen molar-refractivity contribution in [1.82, 2.24) is 9.80 Å². The van der Waals surface area contributed by atoms with Gasteiger partial charge in [0, 0.05) is 37.0 Å². The van der Waals surface area contributed by atoms with Crippen LogP contribution in [0.2, 0.25) is 5.02 Å². The van der Waals surface area contributed by atoms with Crippen molar-refractivity contribution in [1.29, 1.82) is 0 Å². The minimum Gasteiger partial charge on any atom is -0.396 e. The third-order valence-corrected chi connectivity index (χ3v) is 5.63. The molecule has 2 atom stereocenters. The van der Waals surface area contributed by atoms with Gasteiger partial charge in [-0.3, -0.25) is 4.79 Å². The second-order valence-corrected chi connectivity index (χ2v) is 8.19. The van der Waals surface area contributed by atoms with Crippen LogP contribution in [-0.2, 0) is 10.5 Å². The van der Waals surface area contributed by atoms with E-state index in [0.29, 0.717) is 18.2 Å². The molecule has 0 aliphatic carbocycles. The number of halogens is 1. The number of thioether (sulfide) groups is 1. The first kappa shape index (κ1) is 19.6. The summed E-state index contributed by atoms with van der Waals surface area (Å²) < 4.78 is 0. The summed E-state index contributed by atoms with van der Waals surface area (Å²) in [5.74, 6) is 1.99. The molecule has 1 saturated heterocycles. The van der Waals surface area contributed by atoms with E-state index in [2.05, 4.69) is 4.90 Å². The fraction of sp³-hybridized carbons (Fsp3) is 0.611. The maximum atomic E-state index is 12.5. The summed E-state index contributed by atoms with van der Waals surface area (Å²) in [6.07, 6.45) is 0.991. The third kappa shape index (κ3) is 5.96. The molecule has 1 aliphatic rings. The van der Waals surface area contributed by atoms with Gasteiger partial charge in [0.05, 0.1) is 5.75 Å². The fourth-order valence-electron chi connectivity index (χ4n) is 3.26. The molecule has 0 saturated carbocycles. The highest BCUT2D eigenvalue weighted by molar-refractivity contribution is 7.99. The number of rotatable bonds is 7. The van der Waals surface area contributed by atoms with Crippen molar-refractivity contribution in [2.24, 2.45) is 11.8 Å². The van der Waals surface area contributed by atoms with Crippen LogP contribution in [0.15, 0.2) is 24.3 Å². The predicted octanol–water partition coefficient (Wildman–Crippen LogP) is 2.59. The molecule has 0 bridgehead atoms. The summed E-state index contributed by atoms with van der Waals surface area (Å²) in [5, 5.41) is 10.3. The number of nitrogens with zero attached hydrogens (tertiary/aromatic N) is 2. The fourth-order valence-corrected chi connectivity index (χ4v) is 4.47. The normalized spacial score (nSPS) is 21.3. The molecule has 0 spiro atoms. The van der Waals surface area contributed by atoms with Gasteiger partial charge in [0.25, 0.3) is 0 Å². The van der Waals surface area contributed by atoms with Crippen molar-refractivity contribution in [2.75, 3.05) is 46.1 Å². The Balaban J connectivity index is 1.84. The molecule has 24 heavy (non-hydrogen) atoms. The molecule has 0 aromatic heterocycles. The Morgan fingerprint density at radius 3 is 2.71 bits per heavy atom. The second kappa shape index (κ2) is 9.66. The third-order valence-electron chi connectivity index (χ3n) is 4.30. The zero-order chi connectivity index (χ0) is 17.5. The number of piperidine rings is 1. The Bertz CT molecular complexity index is 542. The van der Waals surface area contributed by atoms with Gasteiger partial charge in [-0.05, 0) is 44.0 Å². The lowest BCUT2D eigenvalue weighted by Gasteiger charge is -2.38. The summed E-state index contributed by atoms with van der Waals surface area (Å²) in [6.45, 7) is 2.57. The van der Waals surface area contributed by atoms with Gasteiger partial charge in [-0.15, -0.1) is 11.8 Å². The summed E-state index contributed by atoms with van der Waals surface area (Å²) in [4.78, 5) is 16.6. The average molecular weight is 371 g/mol. The molecule has 1 N–H and O–H groups in total. The zero-order valence-corrected chi connectivity index (χ0v) is 16.0. The van der Waals surface area contributed by atoms with Gasteiger partial charge in [0.2, 0.25) is 5.91 Å². The molecule has 1 amide bonds. The summed E-state index contributed by atoms with van der Waals surface area (Å²) >= 11 is 7.75. The SMILES string of the molecule is CN(C)CC1CC(CO)CN(C(=O)CSCc2ccccc2Cl)C1. The lowest BCUT2D eigenvalue weighted by molar-refractivity contribution is -0.131. The predicted molar refractivity (Wildman–Crippen MR) is 101 cm³/mol. The van der Waals surface area contributed by atoms with E-state index in [1.807, 2.05) is 43.3 Å². The molecule has 134 valence electrons. The van der Waals surface area contributed by atoms with Gasteiger partial charge in [-0.25, -0.2) is 0 Å². The van der Waals surface area contributed by atoms with E-state index in [4.69, 9.17) is 11.6 Å². The molecule has 1 heterocycles. The number of aliphatic hydroxyl groups excluding tert-OH is 1. The van der Waals surface area contributed by atoms with Crippen LogP contribution < -0.4 is 0 Å². The standard InChI is InChI=1S/C18H27ClN2O2S/c1-20(2)8-14-7-15(11-22)10-21(9-14)18(23)13-24-12-16-5-3-4-6-17(16)19/h3-6,14-15,22H,7-13H2,1-2H3. The Hall–Kier alpha value is -0.750. The maximum Gasteiger partial charge on any atom is 0.232 e. The van der Waals surface area contributed by atoms with Crippen LogP contribution in [0, 0.1) is 11.8 Å². The highest BCUT2D eigenvalue weighted by atomic mass is 35.5. The lowest BCUT2D eigenvalue weighted by atomic mass is 9.89. The number of hydrogen-bond acceptors (Lipinski definition) is 4. The molecule has 1 aromatic rings. The molecule has 6 heteroatoms. The molecule has 1 aliphatic heterocycles. The van der Waals surface area contributed by atoms with E-state index >= 15 is 0 Å². The number of carbonyl (C=O) groups is 1. The molecule has 2 unspecified atom stereocenters. The van der Waals surface area contributed by atoms with Crippen molar-refractivity contribution >= 4 is 29.3 Å². The highest BCUT2D eigenvalue weighted by Gasteiger charge is 2.29. The second-order valence-electron chi connectivity index (χ2n) is 6.80. The number of aliphatic hydroxyl groups is 1. The highest BCUT2D eigenvalue weighted by Crippen LogP contribution is 2.24. The quantitative estimate of drug-likeness (QED) is 0.801. The van der Waals surface area contributed by atoms with Crippen LogP contribution in [0.25, 0.3) is 0 Å². The van der Waals surface area contributed by atoms with E-state index in [1.54, 1.807) is 11.8 Å². The Morgan fingerprint density at radius 2 is 2.04 bits per heavy atom. The number of benzene rings is 1. The molecule has 1 aromatic carbocycles. The number of hydrogen-bond donors (Lipinski definition) is 1. The van der Waals surface area contributed by atoms with Crippen molar-refractivity contribution in [2.45, 2.75) is 12.2 Å². The molecule has 1 fully saturated rings. The van der Waals surface area contributed by atoms with Crippen molar-refractivity contribution in [3.63, 3.8) is 0 Å². The monoisotopic (exact) mass is 370 g/mol. The van der Waals surface area contributed by atoms with Crippen molar-refractivity contribution in [3.8, 4) is 0 Å². The Morgan fingerprint density at radius 1 is 1.33 bits per heavy atom. The van der Waals surface area contributed by atoms with Gasteiger partial charge in [0.15, 0.2) is 0 Å². The van der Waals surface area contributed by atoms with Gasteiger partial charge in [0.1, 0.15) is 0 Å². The van der Waals surface area contributed by atoms with Gasteiger partial charge in [-0.2, -0.15) is 0 Å². The van der Waals surface area contributed by atoms with Crippen molar-refractivity contribution < 1.29 is 9.90 Å². The van der Waals surface area contributed by atoms with Crippen molar-refractivity contribution in [3.05, 3.63) is 34.9 Å². The maximum absolute atomic E-state index is 12.5. The summed E-state index contributed by atoms with van der Waals surface area (Å²) in [6, 6.07) is 7.75. The van der Waals surface area contributed by atoms with E-state index < -0.39 is 0 Å². The van der Waals surface area contributed by atoms with E-state index in [9.17, 15) is 9.90 Å². The van der Waals surface area contributed by atoms with Gasteiger partial charge >= 0.3 is 0 Å². The minimum absolute atomic E-state index is 0.153. The van der Waals surface area contributed by atoms with E-state index in [1.165, 1.54) is 0 Å². The van der Waals surface area contributed by atoms with Crippen LogP contribution >= 0.6 is 23.4 Å². The first-order valence-corrected chi connectivity index (χ1v) is 9.87. The molecule has 0 radical (unpaired) electrons. The topological polar surface area (TPSA) is 43.8 Å². The first-order valence-electron chi connectivity index (χ1n) is 8.34. The Kier molecular flexibility index (Phi) is 7.88. The van der Waals surface area contributed by atoms with E-state index in [-0.39, 0.29) is 18.4 Å². The average Bonchev–Trinajstić information content (AvgIpc) is 2.55. The largest absolute Gasteiger partial charge is 0.396 e. The van der Waals surface area contributed by atoms with Crippen LogP contribution in [0.5, 0.6) is 0 Å². The Labute approximate surface area is 154 Å². The minimum atomic E-state index is 0.153. The molecular weight excluding hydrogens is 344 g/mol. The summed E-state index contributed by atoms with van der Waals surface area (Å²) in [7, 11) is 4.10. The van der Waals surface area contributed by atoms with E-state index in [0.717, 1.165) is 35.8 Å². The van der Waals surface area contributed by atoms with Gasteiger partial charge in [-0.1, -0.05) is 29.8 Å². The smallest absolute Gasteiger partial charge is 0.232 e. The van der Waals surface area contributed by atoms with Gasteiger partial charge < -0.3 is 14.9 Å². The van der Waals surface area contributed by atoms with Crippen LogP contribution in [0.1, 0.15) is 12.0 Å². The first-order chi connectivity index (χ1) is 11.5.